The zero-order valence-corrected chi connectivity index (χ0v) is 17.1. The predicted octanol–water partition coefficient (Wildman–Crippen LogP) is 4.99. The van der Waals surface area contributed by atoms with E-state index < -0.39 is 16.0 Å². The number of fused-ring (bicyclic) bond motifs is 1. The maximum Gasteiger partial charge on any atom is 0.373 e. The van der Waals surface area contributed by atoms with Crippen LogP contribution >= 0.6 is 0 Å². The van der Waals surface area contributed by atoms with Crippen LogP contribution < -0.4 is 4.72 Å². The quantitative estimate of drug-likeness (QED) is 0.421. The van der Waals surface area contributed by atoms with Gasteiger partial charge >= 0.3 is 5.97 Å². The van der Waals surface area contributed by atoms with Gasteiger partial charge in [0.15, 0.2) is 0 Å². The van der Waals surface area contributed by atoms with Crippen LogP contribution in [-0.4, -0.2) is 25.4 Å². The summed E-state index contributed by atoms with van der Waals surface area (Å²) >= 11 is 0. The van der Waals surface area contributed by atoms with Gasteiger partial charge in [0.1, 0.15) is 0 Å². The smallest absolute Gasteiger partial charge is 0.295 e. The van der Waals surface area contributed by atoms with E-state index in [1.165, 1.54) is 0 Å². The van der Waals surface area contributed by atoms with Gasteiger partial charge in [-0.15, -0.1) is 0 Å². The summed E-state index contributed by atoms with van der Waals surface area (Å²) in [5.41, 5.74) is 3.28. The van der Waals surface area contributed by atoms with Crippen LogP contribution in [-0.2, 0) is 14.9 Å². The molecule has 152 valence electrons. The summed E-state index contributed by atoms with van der Waals surface area (Å²) < 4.78 is 26.7. The molecular formula is C22H23NO5S. The van der Waals surface area contributed by atoms with E-state index in [2.05, 4.69) is 9.61 Å². The Hall–Kier alpha value is -2.90. The number of carbonyl (C=O) groups excluding carboxylic acids is 1. The van der Waals surface area contributed by atoms with E-state index in [1.54, 1.807) is 31.2 Å². The number of sulfonamides is 1. The molecule has 0 aromatic heterocycles. The van der Waals surface area contributed by atoms with Gasteiger partial charge in [0, 0.05) is 5.69 Å². The summed E-state index contributed by atoms with van der Waals surface area (Å²) in [5.74, 6) is -0.709. The number of hydrogen-bond donors (Lipinski definition) is 2. The first-order valence-electron chi connectivity index (χ1n) is 9.35. The highest BCUT2D eigenvalue weighted by Crippen LogP contribution is 2.32. The molecule has 2 N–H and O–H groups in total. The maximum atomic E-state index is 12.1. The van der Waals surface area contributed by atoms with Crippen LogP contribution in [0.3, 0.4) is 0 Å². The molecule has 7 heteroatoms. The highest BCUT2D eigenvalue weighted by Gasteiger charge is 2.17. The molecule has 0 radical (unpaired) electrons. The zero-order chi connectivity index (χ0) is 21.0. The lowest BCUT2D eigenvalue weighted by Gasteiger charge is -2.12. The van der Waals surface area contributed by atoms with Gasteiger partial charge in [0.05, 0.1) is 11.3 Å². The van der Waals surface area contributed by atoms with E-state index in [-0.39, 0.29) is 5.75 Å². The van der Waals surface area contributed by atoms with Crippen molar-refractivity contribution in [2.75, 3.05) is 10.5 Å². The van der Waals surface area contributed by atoms with Crippen molar-refractivity contribution in [2.45, 2.75) is 26.7 Å². The van der Waals surface area contributed by atoms with Gasteiger partial charge in [-0.05, 0) is 52.9 Å². The van der Waals surface area contributed by atoms with Crippen molar-refractivity contribution in [3.63, 3.8) is 0 Å². The van der Waals surface area contributed by atoms with Crippen molar-refractivity contribution < 1.29 is 23.4 Å². The Morgan fingerprint density at radius 2 is 1.76 bits per heavy atom. The van der Waals surface area contributed by atoms with Crippen molar-refractivity contribution in [2.24, 2.45) is 0 Å². The summed E-state index contributed by atoms with van der Waals surface area (Å²) in [6.45, 7) is 3.72. The molecule has 0 bridgehead atoms. The predicted molar refractivity (Wildman–Crippen MR) is 114 cm³/mol. The topological polar surface area (TPSA) is 92.7 Å². The molecule has 0 aliphatic heterocycles. The van der Waals surface area contributed by atoms with Crippen LogP contribution in [0.25, 0.3) is 21.9 Å². The van der Waals surface area contributed by atoms with Gasteiger partial charge in [-0.2, -0.15) is 5.26 Å². The molecule has 3 rings (SSSR count). The molecule has 29 heavy (non-hydrogen) atoms. The molecule has 0 spiro atoms. The number of aryl methyl sites for hydroxylation is 1. The fraction of sp³-hybridized carbons (Fsp3) is 0.227. The number of benzene rings is 3. The fourth-order valence-corrected chi connectivity index (χ4v) is 4.58. The second-order valence-electron chi connectivity index (χ2n) is 6.89. The molecule has 0 heterocycles. The van der Waals surface area contributed by atoms with Crippen LogP contribution in [0.2, 0.25) is 0 Å². The van der Waals surface area contributed by atoms with Gasteiger partial charge in [-0.25, -0.2) is 13.2 Å². The van der Waals surface area contributed by atoms with Gasteiger partial charge in [0.25, 0.3) is 0 Å². The molecule has 0 atom stereocenters. The number of carbonyl (C=O) groups is 1. The van der Waals surface area contributed by atoms with Crippen LogP contribution in [0.15, 0.2) is 54.6 Å². The summed E-state index contributed by atoms with van der Waals surface area (Å²) in [6.07, 6.45) is 1.42. The van der Waals surface area contributed by atoms with Gasteiger partial charge in [-0.1, -0.05) is 55.8 Å². The maximum absolute atomic E-state index is 12.1. The molecule has 0 amide bonds. The molecule has 0 fully saturated rings. The minimum Gasteiger partial charge on any atom is -0.295 e. The SMILES string of the molecule is CCCCS(=O)(=O)Nc1ccc(-c2cccc3c(C(=O)OO)c(C)ccc23)cc1. The molecule has 0 aliphatic rings. The highest BCUT2D eigenvalue weighted by molar-refractivity contribution is 7.92. The van der Waals surface area contributed by atoms with Crippen molar-refractivity contribution in [3.05, 3.63) is 65.7 Å². The van der Waals surface area contributed by atoms with Crippen molar-refractivity contribution in [3.8, 4) is 11.1 Å². The fourth-order valence-electron chi connectivity index (χ4n) is 3.32. The van der Waals surface area contributed by atoms with Crippen LogP contribution in [0, 0.1) is 6.92 Å². The highest BCUT2D eigenvalue weighted by atomic mass is 32.2. The number of hydrogen-bond acceptors (Lipinski definition) is 5. The van der Waals surface area contributed by atoms with Crippen molar-refractivity contribution in [1.29, 1.82) is 0 Å². The Balaban J connectivity index is 1.98. The Morgan fingerprint density at radius 1 is 1.03 bits per heavy atom. The van der Waals surface area contributed by atoms with Crippen LogP contribution in [0.1, 0.15) is 35.7 Å². The summed E-state index contributed by atoms with van der Waals surface area (Å²) in [6, 6.07) is 16.4. The average molecular weight is 413 g/mol. The molecule has 0 saturated carbocycles. The standard InChI is InChI=1S/C22H23NO5S/c1-3-4-14-29(26,27)23-17-11-9-16(10-12-17)18-6-5-7-20-19(18)13-8-15(2)21(20)22(24)28-25/h5-13,23,25H,3-4,14H2,1-2H3. The number of anilines is 1. The van der Waals surface area contributed by atoms with Gasteiger partial charge < -0.3 is 0 Å². The molecule has 3 aromatic rings. The second kappa shape index (κ2) is 8.63. The number of nitrogens with one attached hydrogen (secondary N) is 1. The van der Waals surface area contributed by atoms with E-state index in [9.17, 15) is 13.2 Å². The molecule has 0 unspecified atom stereocenters. The largest absolute Gasteiger partial charge is 0.373 e. The van der Waals surface area contributed by atoms with Gasteiger partial charge in [-0.3, -0.25) is 9.61 Å². The molecule has 0 saturated heterocycles. The van der Waals surface area contributed by atoms with E-state index >= 15 is 0 Å². The molecule has 6 nitrogen and oxygen atoms in total. The molecular weight excluding hydrogens is 390 g/mol. The van der Waals surface area contributed by atoms with Crippen molar-refractivity contribution in [1.82, 2.24) is 0 Å². The molecule has 3 aromatic carbocycles. The van der Waals surface area contributed by atoms with Gasteiger partial charge in [0.2, 0.25) is 10.0 Å². The normalized spacial score (nSPS) is 11.4. The Bertz CT molecular complexity index is 1140. The summed E-state index contributed by atoms with van der Waals surface area (Å²) in [7, 11) is -3.36. The first-order valence-corrected chi connectivity index (χ1v) is 11.0. The lowest BCUT2D eigenvalue weighted by atomic mass is 9.93. The Kier molecular flexibility index (Phi) is 6.20. The van der Waals surface area contributed by atoms with E-state index in [0.717, 1.165) is 22.9 Å². The first-order chi connectivity index (χ1) is 13.9. The third-order valence-electron chi connectivity index (χ3n) is 4.79. The Labute approximate surface area is 170 Å². The monoisotopic (exact) mass is 413 g/mol. The summed E-state index contributed by atoms with van der Waals surface area (Å²) in [4.78, 5) is 16.0. The Morgan fingerprint density at radius 3 is 2.41 bits per heavy atom. The minimum absolute atomic E-state index is 0.0949. The van der Waals surface area contributed by atoms with Crippen LogP contribution in [0.5, 0.6) is 0 Å². The minimum atomic E-state index is -3.36. The average Bonchev–Trinajstić information content (AvgIpc) is 2.71. The number of rotatable bonds is 7. The lowest BCUT2D eigenvalue weighted by molar-refractivity contribution is -0.182. The second-order valence-corrected chi connectivity index (χ2v) is 8.73. The zero-order valence-electron chi connectivity index (χ0n) is 16.3. The van der Waals surface area contributed by atoms with E-state index in [0.29, 0.717) is 28.6 Å². The van der Waals surface area contributed by atoms with Crippen LogP contribution in [0.4, 0.5) is 5.69 Å². The number of unbranched alkanes of at least 4 members (excludes halogenated alkanes) is 1. The summed E-state index contributed by atoms with van der Waals surface area (Å²) in [5, 5.41) is 10.3. The van der Waals surface area contributed by atoms with E-state index in [1.807, 2.05) is 37.3 Å². The van der Waals surface area contributed by atoms with Crippen molar-refractivity contribution >= 4 is 32.5 Å². The first kappa shape index (κ1) is 20.8. The third kappa shape index (κ3) is 4.58. The molecule has 0 aliphatic carbocycles. The third-order valence-corrected chi connectivity index (χ3v) is 6.17. The lowest BCUT2D eigenvalue weighted by Crippen LogP contribution is -2.16. The van der Waals surface area contributed by atoms with E-state index in [4.69, 9.17) is 5.26 Å².